The molecule has 0 saturated carbocycles. The highest BCUT2D eigenvalue weighted by Crippen LogP contribution is 2.25. The molecule has 0 aliphatic heterocycles. The zero-order valence-electron chi connectivity index (χ0n) is 10.8. The minimum atomic E-state index is 0.246. The van der Waals surface area contributed by atoms with Gasteiger partial charge in [0.05, 0.1) is 0 Å². The van der Waals surface area contributed by atoms with Crippen LogP contribution in [0.4, 0.5) is 0 Å². The molecule has 0 aliphatic rings. The maximum absolute atomic E-state index is 6.27. The van der Waals surface area contributed by atoms with Crippen LogP contribution in [0.5, 0.6) is 0 Å². The van der Waals surface area contributed by atoms with E-state index in [1.807, 2.05) is 0 Å². The molecule has 90 valence electrons. The van der Waals surface area contributed by atoms with E-state index >= 15 is 0 Å². The zero-order chi connectivity index (χ0) is 12.1. The minimum Gasteiger partial charge on any atom is -0.122 e. The van der Waals surface area contributed by atoms with Gasteiger partial charge in [0, 0.05) is 5.38 Å². The summed E-state index contributed by atoms with van der Waals surface area (Å²) in [6, 6.07) is 8.94. The summed E-state index contributed by atoms with van der Waals surface area (Å²) in [4.78, 5) is 0. The second kappa shape index (κ2) is 6.30. The molecular weight excluding hydrogens is 216 g/mol. The van der Waals surface area contributed by atoms with E-state index in [1.165, 1.54) is 11.1 Å². The van der Waals surface area contributed by atoms with Crippen molar-refractivity contribution in [1.29, 1.82) is 0 Å². The highest BCUT2D eigenvalue weighted by Gasteiger charge is 2.14. The number of alkyl halides is 1. The number of halogens is 1. The van der Waals surface area contributed by atoms with Crippen LogP contribution in [-0.4, -0.2) is 5.38 Å². The topological polar surface area (TPSA) is 0 Å². The van der Waals surface area contributed by atoms with E-state index in [2.05, 4.69) is 52.0 Å². The third-order valence-electron chi connectivity index (χ3n) is 3.08. The van der Waals surface area contributed by atoms with Crippen LogP contribution in [-0.2, 0) is 6.42 Å². The molecule has 0 bridgehead atoms. The lowest BCUT2D eigenvalue weighted by Gasteiger charge is -2.17. The van der Waals surface area contributed by atoms with Crippen LogP contribution < -0.4 is 0 Å². The Morgan fingerprint density at radius 3 is 2.06 bits per heavy atom. The maximum atomic E-state index is 6.27. The molecule has 0 saturated heterocycles. The van der Waals surface area contributed by atoms with Gasteiger partial charge in [-0.3, -0.25) is 0 Å². The Kier molecular flexibility index (Phi) is 5.34. The van der Waals surface area contributed by atoms with E-state index in [0.717, 1.165) is 18.8 Å². The zero-order valence-corrected chi connectivity index (χ0v) is 11.6. The first-order valence-corrected chi connectivity index (χ1v) is 6.71. The third-order valence-corrected chi connectivity index (χ3v) is 3.77. The molecule has 1 rings (SSSR count). The van der Waals surface area contributed by atoms with Gasteiger partial charge in [-0.25, -0.2) is 0 Å². The SMILES string of the molecule is CCC(Cl)C(C)c1ccc(CC(C)C)cc1. The lowest BCUT2D eigenvalue weighted by atomic mass is 9.94. The molecule has 0 fully saturated rings. The first-order valence-electron chi connectivity index (χ1n) is 6.27. The summed E-state index contributed by atoms with van der Waals surface area (Å²) in [7, 11) is 0. The fraction of sp³-hybridized carbons (Fsp3) is 0.600. The Labute approximate surface area is 105 Å². The van der Waals surface area contributed by atoms with Crippen molar-refractivity contribution >= 4 is 11.6 Å². The molecule has 0 heterocycles. The van der Waals surface area contributed by atoms with E-state index < -0.39 is 0 Å². The largest absolute Gasteiger partial charge is 0.122 e. The molecule has 0 nitrogen and oxygen atoms in total. The molecule has 0 N–H and O–H groups in total. The monoisotopic (exact) mass is 238 g/mol. The summed E-state index contributed by atoms with van der Waals surface area (Å²) in [5.74, 6) is 1.17. The van der Waals surface area contributed by atoms with Gasteiger partial charge < -0.3 is 0 Å². The Balaban J connectivity index is 2.70. The van der Waals surface area contributed by atoms with Gasteiger partial charge in [0.1, 0.15) is 0 Å². The summed E-state index contributed by atoms with van der Waals surface area (Å²) in [5, 5.41) is 0.246. The van der Waals surface area contributed by atoms with Gasteiger partial charge in [-0.05, 0) is 35.8 Å². The first kappa shape index (κ1) is 13.6. The van der Waals surface area contributed by atoms with Gasteiger partial charge in [-0.1, -0.05) is 52.0 Å². The highest BCUT2D eigenvalue weighted by atomic mass is 35.5. The first-order chi connectivity index (χ1) is 7.54. The average Bonchev–Trinajstić information content (AvgIpc) is 2.27. The number of hydrogen-bond donors (Lipinski definition) is 0. The third kappa shape index (κ3) is 3.83. The predicted molar refractivity (Wildman–Crippen MR) is 73.3 cm³/mol. The molecule has 2 atom stereocenters. The fourth-order valence-electron chi connectivity index (χ4n) is 1.99. The Morgan fingerprint density at radius 2 is 1.62 bits per heavy atom. The van der Waals surface area contributed by atoms with Gasteiger partial charge in [0.25, 0.3) is 0 Å². The lowest BCUT2D eigenvalue weighted by Crippen LogP contribution is -2.08. The van der Waals surface area contributed by atoms with Gasteiger partial charge in [0.15, 0.2) is 0 Å². The molecule has 0 radical (unpaired) electrons. The van der Waals surface area contributed by atoms with E-state index in [0.29, 0.717) is 5.92 Å². The van der Waals surface area contributed by atoms with E-state index in [9.17, 15) is 0 Å². The molecule has 1 heteroatoms. The number of rotatable bonds is 5. The molecule has 0 amide bonds. The van der Waals surface area contributed by atoms with E-state index in [4.69, 9.17) is 11.6 Å². The number of benzene rings is 1. The van der Waals surface area contributed by atoms with Gasteiger partial charge in [-0.15, -0.1) is 11.6 Å². The second-order valence-corrected chi connectivity index (χ2v) is 5.61. The summed E-state index contributed by atoms with van der Waals surface area (Å²) in [6.07, 6.45) is 2.18. The van der Waals surface area contributed by atoms with Gasteiger partial charge >= 0.3 is 0 Å². The van der Waals surface area contributed by atoms with E-state index in [-0.39, 0.29) is 5.38 Å². The van der Waals surface area contributed by atoms with Crippen molar-refractivity contribution in [3.63, 3.8) is 0 Å². The Hall–Kier alpha value is -0.490. The standard InChI is InChI=1S/C15H23Cl/c1-5-15(16)12(4)14-8-6-13(7-9-14)10-11(2)3/h6-9,11-12,15H,5,10H2,1-4H3. The second-order valence-electron chi connectivity index (χ2n) is 5.05. The van der Waals surface area contributed by atoms with Crippen LogP contribution in [0.1, 0.15) is 51.2 Å². The van der Waals surface area contributed by atoms with Crippen molar-refractivity contribution in [3.05, 3.63) is 35.4 Å². The molecular formula is C15H23Cl. The lowest BCUT2D eigenvalue weighted by molar-refractivity contribution is 0.645. The molecule has 1 aromatic rings. The Morgan fingerprint density at radius 1 is 1.06 bits per heavy atom. The fourth-order valence-corrected chi connectivity index (χ4v) is 2.14. The predicted octanol–water partition coefficient (Wildman–Crippen LogP) is 5.01. The number of hydrogen-bond acceptors (Lipinski definition) is 0. The molecule has 2 unspecified atom stereocenters. The molecule has 0 spiro atoms. The van der Waals surface area contributed by atoms with Crippen molar-refractivity contribution < 1.29 is 0 Å². The minimum absolute atomic E-state index is 0.246. The van der Waals surface area contributed by atoms with Crippen LogP contribution >= 0.6 is 11.6 Å². The average molecular weight is 239 g/mol. The maximum Gasteiger partial charge on any atom is 0.0399 e. The smallest absolute Gasteiger partial charge is 0.0399 e. The summed E-state index contributed by atoms with van der Waals surface area (Å²) in [6.45, 7) is 8.85. The van der Waals surface area contributed by atoms with Gasteiger partial charge in [0.2, 0.25) is 0 Å². The van der Waals surface area contributed by atoms with Crippen LogP contribution in [0, 0.1) is 5.92 Å². The molecule has 0 aromatic heterocycles. The molecule has 0 aliphatic carbocycles. The van der Waals surface area contributed by atoms with Crippen molar-refractivity contribution in [2.75, 3.05) is 0 Å². The normalized spacial score (nSPS) is 15.1. The van der Waals surface area contributed by atoms with Gasteiger partial charge in [-0.2, -0.15) is 0 Å². The van der Waals surface area contributed by atoms with Crippen LogP contribution in [0.3, 0.4) is 0 Å². The van der Waals surface area contributed by atoms with E-state index in [1.54, 1.807) is 0 Å². The van der Waals surface area contributed by atoms with Crippen molar-refractivity contribution in [3.8, 4) is 0 Å². The summed E-state index contributed by atoms with van der Waals surface area (Å²) in [5.41, 5.74) is 2.78. The summed E-state index contributed by atoms with van der Waals surface area (Å²) < 4.78 is 0. The van der Waals surface area contributed by atoms with Crippen LogP contribution in [0.25, 0.3) is 0 Å². The molecule has 1 aromatic carbocycles. The quantitative estimate of drug-likeness (QED) is 0.633. The summed E-state index contributed by atoms with van der Waals surface area (Å²) >= 11 is 6.27. The van der Waals surface area contributed by atoms with Crippen molar-refractivity contribution in [2.24, 2.45) is 5.92 Å². The molecule has 16 heavy (non-hydrogen) atoms. The van der Waals surface area contributed by atoms with Crippen LogP contribution in [0.2, 0.25) is 0 Å². The Bertz CT molecular complexity index is 300. The van der Waals surface area contributed by atoms with Crippen LogP contribution in [0.15, 0.2) is 24.3 Å². The highest BCUT2D eigenvalue weighted by molar-refractivity contribution is 6.21. The van der Waals surface area contributed by atoms with Crippen molar-refractivity contribution in [2.45, 2.75) is 51.8 Å². The van der Waals surface area contributed by atoms with Crippen molar-refractivity contribution in [1.82, 2.24) is 0 Å².